The molecule has 0 aromatic heterocycles. The van der Waals surface area contributed by atoms with Crippen LogP contribution >= 0.6 is 15.9 Å². The van der Waals surface area contributed by atoms with Crippen LogP contribution in [0.2, 0.25) is 0 Å². The number of carbonyl (C=O) groups excluding carboxylic acids is 2. The molecule has 5 heteroatoms. The third kappa shape index (κ3) is 1.75. The predicted octanol–water partition coefficient (Wildman–Crippen LogP) is 2.49. The third-order valence-corrected chi connectivity index (χ3v) is 3.19. The SMILES string of the molecule is CC1CC(=O)N(c2cc(F)ccc2Br)C1=O. The second-order valence-corrected chi connectivity index (χ2v) is 4.62. The molecule has 1 heterocycles. The van der Waals surface area contributed by atoms with Gasteiger partial charge in [-0.3, -0.25) is 9.59 Å². The van der Waals surface area contributed by atoms with Gasteiger partial charge >= 0.3 is 0 Å². The predicted molar refractivity (Wildman–Crippen MR) is 60.4 cm³/mol. The zero-order valence-corrected chi connectivity index (χ0v) is 10.1. The van der Waals surface area contributed by atoms with Gasteiger partial charge in [0.1, 0.15) is 5.82 Å². The minimum atomic E-state index is -0.474. The average Bonchev–Trinajstić information content (AvgIpc) is 2.46. The Hall–Kier alpha value is -1.23. The molecule has 84 valence electrons. The van der Waals surface area contributed by atoms with Crippen molar-refractivity contribution in [3.8, 4) is 0 Å². The summed E-state index contributed by atoms with van der Waals surface area (Å²) in [6.45, 7) is 1.69. The van der Waals surface area contributed by atoms with Gasteiger partial charge < -0.3 is 0 Å². The quantitative estimate of drug-likeness (QED) is 0.744. The molecular formula is C11H9BrFNO2. The lowest BCUT2D eigenvalue weighted by molar-refractivity contribution is -0.122. The van der Waals surface area contributed by atoms with Gasteiger partial charge in [-0.15, -0.1) is 0 Å². The molecule has 0 saturated carbocycles. The van der Waals surface area contributed by atoms with Gasteiger partial charge in [-0.25, -0.2) is 9.29 Å². The van der Waals surface area contributed by atoms with E-state index >= 15 is 0 Å². The zero-order chi connectivity index (χ0) is 11.9. The van der Waals surface area contributed by atoms with Crippen LogP contribution in [0.25, 0.3) is 0 Å². The first-order chi connectivity index (χ1) is 7.50. The second-order valence-electron chi connectivity index (χ2n) is 3.77. The van der Waals surface area contributed by atoms with E-state index in [2.05, 4.69) is 15.9 Å². The number of hydrogen-bond acceptors (Lipinski definition) is 2. The zero-order valence-electron chi connectivity index (χ0n) is 8.54. The van der Waals surface area contributed by atoms with Gasteiger partial charge in [0.25, 0.3) is 0 Å². The summed E-state index contributed by atoms with van der Waals surface area (Å²) in [6.07, 6.45) is 0.182. The fourth-order valence-electron chi connectivity index (χ4n) is 1.69. The fourth-order valence-corrected chi connectivity index (χ4v) is 2.12. The minimum absolute atomic E-state index is 0.182. The molecule has 16 heavy (non-hydrogen) atoms. The molecule has 1 fully saturated rings. The Kier molecular flexibility index (Phi) is 2.80. The summed E-state index contributed by atoms with van der Waals surface area (Å²) in [7, 11) is 0. The summed E-state index contributed by atoms with van der Waals surface area (Å²) in [6, 6.07) is 3.92. The smallest absolute Gasteiger partial charge is 0.237 e. The van der Waals surface area contributed by atoms with Crippen molar-refractivity contribution in [3.63, 3.8) is 0 Å². The third-order valence-electron chi connectivity index (χ3n) is 2.52. The number of carbonyl (C=O) groups is 2. The van der Waals surface area contributed by atoms with Crippen molar-refractivity contribution >= 4 is 33.4 Å². The molecule has 0 radical (unpaired) electrons. The summed E-state index contributed by atoms with van der Waals surface area (Å²) in [5.74, 6) is -1.37. The Bertz CT molecular complexity index is 475. The van der Waals surface area contributed by atoms with Crippen LogP contribution < -0.4 is 4.90 Å². The van der Waals surface area contributed by atoms with Crippen molar-refractivity contribution in [2.75, 3.05) is 4.90 Å². The first kappa shape index (κ1) is 11.3. The van der Waals surface area contributed by atoms with Gasteiger partial charge in [0, 0.05) is 16.8 Å². The van der Waals surface area contributed by atoms with Gasteiger partial charge in [-0.05, 0) is 34.1 Å². The number of anilines is 1. The van der Waals surface area contributed by atoms with E-state index in [1.165, 1.54) is 18.2 Å². The fraction of sp³-hybridized carbons (Fsp3) is 0.273. The summed E-state index contributed by atoms with van der Waals surface area (Å²) in [4.78, 5) is 24.4. The number of halogens is 2. The number of amides is 2. The standard InChI is InChI=1S/C11H9BrFNO2/c1-6-4-10(15)14(11(6)16)9-5-7(13)2-3-8(9)12/h2-3,5-6H,4H2,1H3. The molecule has 1 atom stereocenters. The Morgan fingerprint density at radius 2 is 2.12 bits per heavy atom. The van der Waals surface area contributed by atoms with Crippen molar-refractivity contribution in [2.45, 2.75) is 13.3 Å². The van der Waals surface area contributed by atoms with E-state index in [1.54, 1.807) is 6.92 Å². The maximum absolute atomic E-state index is 13.1. The summed E-state index contributed by atoms with van der Waals surface area (Å²) in [5.41, 5.74) is 0.277. The number of imide groups is 1. The maximum Gasteiger partial charge on any atom is 0.237 e. The van der Waals surface area contributed by atoms with Crippen LogP contribution in [-0.2, 0) is 9.59 Å². The molecule has 0 spiro atoms. The number of rotatable bonds is 1. The Morgan fingerprint density at radius 3 is 2.69 bits per heavy atom. The van der Waals surface area contributed by atoms with Crippen molar-refractivity contribution in [3.05, 3.63) is 28.5 Å². The molecule has 2 amide bonds. The van der Waals surface area contributed by atoms with Crippen LogP contribution in [0.5, 0.6) is 0 Å². The van der Waals surface area contributed by atoms with E-state index in [-0.39, 0.29) is 29.8 Å². The lowest BCUT2D eigenvalue weighted by Gasteiger charge is -2.16. The number of benzene rings is 1. The summed E-state index contributed by atoms with van der Waals surface area (Å²) in [5, 5.41) is 0. The van der Waals surface area contributed by atoms with Crippen LogP contribution in [0.1, 0.15) is 13.3 Å². The molecule has 2 rings (SSSR count). The normalized spacial score (nSPS) is 20.7. The summed E-state index contributed by atoms with van der Waals surface area (Å²) >= 11 is 3.20. The highest BCUT2D eigenvalue weighted by atomic mass is 79.9. The minimum Gasteiger partial charge on any atom is -0.274 e. The largest absolute Gasteiger partial charge is 0.274 e. The van der Waals surface area contributed by atoms with E-state index in [0.29, 0.717) is 4.47 Å². The number of hydrogen-bond donors (Lipinski definition) is 0. The van der Waals surface area contributed by atoms with Crippen molar-refractivity contribution in [2.24, 2.45) is 5.92 Å². The highest BCUT2D eigenvalue weighted by Gasteiger charge is 2.37. The molecule has 1 unspecified atom stereocenters. The van der Waals surface area contributed by atoms with E-state index in [4.69, 9.17) is 0 Å². The molecule has 0 aliphatic carbocycles. The molecule has 1 aromatic rings. The lowest BCUT2D eigenvalue weighted by Crippen LogP contribution is -2.30. The summed E-state index contributed by atoms with van der Waals surface area (Å²) < 4.78 is 13.6. The van der Waals surface area contributed by atoms with Crippen LogP contribution in [0.4, 0.5) is 10.1 Å². The van der Waals surface area contributed by atoms with E-state index in [9.17, 15) is 14.0 Å². The Labute approximate surface area is 100 Å². The first-order valence-corrected chi connectivity index (χ1v) is 5.62. The average molecular weight is 286 g/mol. The molecule has 1 saturated heterocycles. The number of nitrogens with zero attached hydrogens (tertiary/aromatic N) is 1. The molecule has 0 N–H and O–H groups in total. The van der Waals surface area contributed by atoms with Crippen LogP contribution in [0.15, 0.2) is 22.7 Å². The Morgan fingerprint density at radius 1 is 1.44 bits per heavy atom. The van der Waals surface area contributed by atoms with Gasteiger partial charge in [0.2, 0.25) is 11.8 Å². The topological polar surface area (TPSA) is 37.4 Å². The van der Waals surface area contributed by atoms with Gasteiger partial charge in [0.15, 0.2) is 0 Å². The lowest BCUT2D eigenvalue weighted by atomic mass is 10.1. The molecule has 1 aliphatic rings. The highest BCUT2D eigenvalue weighted by Crippen LogP contribution is 2.32. The van der Waals surface area contributed by atoms with Crippen LogP contribution in [0.3, 0.4) is 0 Å². The second kappa shape index (κ2) is 3.97. The molecular weight excluding hydrogens is 277 g/mol. The molecule has 1 aromatic carbocycles. The van der Waals surface area contributed by atoms with Crippen molar-refractivity contribution < 1.29 is 14.0 Å². The molecule has 0 bridgehead atoms. The monoisotopic (exact) mass is 285 g/mol. The van der Waals surface area contributed by atoms with Gasteiger partial charge in [-0.1, -0.05) is 6.92 Å². The van der Waals surface area contributed by atoms with Crippen molar-refractivity contribution in [1.82, 2.24) is 0 Å². The van der Waals surface area contributed by atoms with Gasteiger partial charge in [-0.2, -0.15) is 0 Å². The Balaban J connectivity index is 2.48. The van der Waals surface area contributed by atoms with Crippen molar-refractivity contribution in [1.29, 1.82) is 0 Å². The van der Waals surface area contributed by atoms with E-state index < -0.39 is 5.82 Å². The molecule has 3 nitrogen and oxygen atoms in total. The van der Waals surface area contributed by atoms with Crippen LogP contribution in [-0.4, -0.2) is 11.8 Å². The van der Waals surface area contributed by atoms with Crippen LogP contribution in [0, 0.1) is 11.7 Å². The van der Waals surface area contributed by atoms with E-state index in [0.717, 1.165) is 4.90 Å². The maximum atomic E-state index is 13.1. The van der Waals surface area contributed by atoms with E-state index in [1.807, 2.05) is 0 Å². The van der Waals surface area contributed by atoms with Gasteiger partial charge in [0.05, 0.1) is 5.69 Å². The highest BCUT2D eigenvalue weighted by molar-refractivity contribution is 9.10. The molecule has 1 aliphatic heterocycles. The first-order valence-electron chi connectivity index (χ1n) is 4.82.